The number of nitrogens with one attached hydrogen (secondary N) is 2. The van der Waals surface area contributed by atoms with Gasteiger partial charge in [-0.2, -0.15) is 0 Å². The van der Waals surface area contributed by atoms with E-state index in [1.165, 1.54) is 0 Å². The van der Waals surface area contributed by atoms with Crippen molar-refractivity contribution in [1.29, 1.82) is 0 Å². The van der Waals surface area contributed by atoms with Crippen LogP contribution in [-0.2, 0) is 21.2 Å². The normalized spacial score (nSPS) is 11.5. The average molecular weight is 400 g/mol. The molecule has 0 saturated heterocycles. The number of carbonyl (C=O) groups excluding carboxylic acids is 1. The van der Waals surface area contributed by atoms with Gasteiger partial charge in [0.2, 0.25) is 15.9 Å². The van der Waals surface area contributed by atoms with Crippen molar-refractivity contribution in [3.8, 4) is 0 Å². The highest BCUT2D eigenvalue weighted by Crippen LogP contribution is 2.23. The van der Waals surface area contributed by atoms with E-state index in [-0.39, 0.29) is 12.5 Å². The van der Waals surface area contributed by atoms with Crippen molar-refractivity contribution in [2.75, 3.05) is 23.7 Å². The number of carbonyl (C=O) groups is 1. The van der Waals surface area contributed by atoms with E-state index in [2.05, 4.69) is 10.3 Å². The Hall–Kier alpha value is -2.80. The lowest BCUT2D eigenvalue weighted by Crippen LogP contribution is -2.41. The van der Waals surface area contributed by atoms with E-state index in [9.17, 15) is 13.2 Å². The lowest BCUT2D eigenvalue weighted by molar-refractivity contribution is -0.119. The number of anilines is 1. The smallest absolute Gasteiger partial charge is 0.240 e. The first-order valence-corrected chi connectivity index (χ1v) is 11.0. The third-order valence-electron chi connectivity index (χ3n) is 4.70. The van der Waals surface area contributed by atoms with Gasteiger partial charge in [0.15, 0.2) is 0 Å². The van der Waals surface area contributed by atoms with Crippen LogP contribution >= 0.6 is 0 Å². The molecule has 0 saturated carbocycles. The molecular formula is C21H25N3O3S. The summed E-state index contributed by atoms with van der Waals surface area (Å²) in [5.74, 6) is -0.328. The van der Waals surface area contributed by atoms with E-state index in [1.807, 2.05) is 56.4 Å². The van der Waals surface area contributed by atoms with Crippen LogP contribution in [0.15, 0.2) is 48.7 Å². The molecule has 3 aromatic rings. The van der Waals surface area contributed by atoms with Crippen molar-refractivity contribution in [2.45, 2.75) is 20.3 Å². The minimum Gasteiger partial charge on any atom is -0.361 e. The molecule has 2 aromatic carbocycles. The second-order valence-corrected chi connectivity index (χ2v) is 8.93. The van der Waals surface area contributed by atoms with Gasteiger partial charge in [0.05, 0.1) is 11.9 Å². The number of fused-ring (bicyclic) bond motifs is 1. The van der Waals surface area contributed by atoms with Crippen LogP contribution < -0.4 is 9.62 Å². The number of hydrogen-bond donors (Lipinski definition) is 2. The number of H-pyrrole nitrogens is 1. The zero-order valence-corrected chi connectivity index (χ0v) is 17.1. The molecule has 0 radical (unpaired) electrons. The molecule has 6 nitrogen and oxygen atoms in total. The zero-order valence-electron chi connectivity index (χ0n) is 16.3. The van der Waals surface area contributed by atoms with Gasteiger partial charge < -0.3 is 10.3 Å². The molecule has 1 amide bonds. The van der Waals surface area contributed by atoms with E-state index in [4.69, 9.17) is 0 Å². The number of amides is 1. The Kier molecular flexibility index (Phi) is 5.74. The number of aromatic nitrogens is 1. The Labute approximate surface area is 165 Å². The highest BCUT2D eigenvalue weighted by molar-refractivity contribution is 7.92. The second-order valence-electron chi connectivity index (χ2n) is 7.02. The Balaban J connectivity index is 1.66. The van der Waals surface area contributed by atoms with Crippen LogP contribution in [0.4, 0.5) is 5.69 Å². The molecule has 2 N–H and O–H groups in total. The van der Waals surface area contributed by atoms with Crippen LogP contribution in [0.1, 0.15) is 16.7 Å². The molecule has 28 heavy (non-hydrogen) atoms. The van der Waals surface area contributed by atoms with Gasteiger partial charge in [-0.1, -0.05) is 35.9 Å². The van der Waals surface area contributed by atoms with E-state index in [1.54, 1.807) is 6.07 Å². The second kappa shape index (κ2) is 8.06. The molecule has 0 fully saturated rings. The molecular weight excluding hydrogens is 374 g/mol. The van der Waals surface area contributed by atoms with Crippen molar-refractivity contribution in [1.82, 2.24) is 10.3 Å². The Bertz CT molecular complexity index is 1100. The number of hydrogen-bond acceptors (Lipinski definition) is 3. The molecule has 3 rings (SSSR count). The fourth-order valence-corrected chi connectivity index (χ4v) is 4.24. The van der Waals surface area contributed by atoms with Crippen molar-refractivity contribution < 1.29 is 13.2 Å². The summed E-state index contributed by atoms with van der Waals surface area (Å²) in [4.78, 5) is 15.6. The van der Waals surface area contributed by atoms with Crippen molar-refractivity contribution in [3.05, 3.63) is 65.4 Å². The quantitative estimate of drug-likeness (QED) is 0.641. The van der Waals surface area contributed by atoms with Gasteiger partial charge in [-0.3, -0.25) is 9.10 Å². The van der Waals surface area contributed by atoms with Gasteiger partial charge in [0.25, 0.3) is 0 Å². The molecule has 0 bridgehead atoms. The summed E-state index contributed by atoms with van der Waals surface area (Å²) < 4.78 is 25.7. The number of aryl methyl sites for hydroxylation is 2. The largest absolute Gasteiger partial charge is 0.361 e. The van der Waals surface area contributed by atoms with Crippen LogP contribution in [0.2, 0.25) is 0 Å². The lowest BCUT2D eigenvalue weighted by Gasteiger charge is -2.24. The van der Waals surface area contributed by atoms with Gasteiger partial charge in [-0.25, -0.2) is 8.42 Å². The Morgan fingerprint density at radius 1 is 1.14 bits per heavy atom. The Morgan fingerprint density at radius 2 is 1.89 bits per heavy atom. The predicted octanol–water partition coefficient (Wildman–Crippen LogP) is 2.91. The predicted molar refractivity (Wildman–Crippen MR) is 113 cm³/mol. The summed E-state index contributed by atoms with van der Waals surface area (Å²) in [6.07, 6.45) is 3.72. The molecule has 7 heteroatoms. The van der Waals surface area contributed by atoms with Crippen LogP contribution in [0.3, 0.4) is 0 Å². The molecule has 0 aliphatic rings. The van der Waals surface area contributed by atoms with E-state index >= 15 is 0 Å². The molecule has 0 aliphatic carbocycles. The SMILES string of the molecule is Cc1ccc(N(CC(=O)NCCc2c[nH]c3ccccc23)S(C)(=O)=O)c(C)c1. The minimum absolute atomic E-state index is 0.239. The highest BCUT2D eigenvalue weighted by atomic mass is 32.2. The van der Waals surface area contributed by atoms with E-state index in [0.29, 0.717) is 18.7 Å². The average Bonchev–Trinajstić information content (AvgIpc) is 3.03. The fraction of sp³-hybridized carbons (Fsp3) is 0.286. The van der Waals surface area contributed by atoms with Gasteiger partial charge >= 0.3 is 0 Å². The van der Waals surface area contributed by atoms with Gasteiger partial charge in [-0.15, -0.1) is 0 Å². The Morgan fingerprint density at radius 3 is 2.61 bits per heavy atom. The molecule has 0 spiro atoms. The van der Waals surface area contributed by atoms with Crippen LogP contribution in [0.25, 0.3) is 10.9 Å². The molecule has 1 heterocycles. The van der Waals surface area contributed by atoms with Gasteiger partial charge in [-0.05, 0) is 43.5 Å². The first-order valence-electron chi connectivity index (χ1n) is 9.12. The third kappa shape index (κ3) is 4.54. The topological polar surface area (TPSA) is 82.3 Å². The maximum Gasteiger partial charge on any atom is 0.240 e. The molecule has 1 aromatic heterocycles. The number of nitrogens with zero attached hydrogens (tertiary/aromatic N) is 1. The molecule has 0 atom stereocenters. The minimum atomic E-state index is -3.58. The fourth-order valence-electron chi connectivity index (χ4n) is 3.33. The molecule has 148 valence electrons. The van der Waals surface area contributed by atoms with E-state index in [0.717, 1.165) is 38.2 Å². The number of rotatable bonds is 7. The van der Waals surface area contributed by atoms with Gasteiger partial charge in [0, 0.05) is 23.6 Å². The van der Waals surface area contributed by atoms with Crippen molar-refractivity contribution in [2.24, 2.45) is 0 Å². The summed E-state index contributed by atoms with van der Waals surface area (Å²) in [7, 11) is -3.58. The first kappa shape index (κ1) is 19.9. The summed E-state index contributed by atoms with van der Waals surface area (Å²) in [6, 6.07) is 13.5. The summed E-state index contributed by atoms with van der Waals surface area (Å²) in [5.41, 5.74) is 4.56. The number of sulfonamides is 1. The zero-order chi connectivity index (χ0) is 20.3. The third-order valence-corrected chi connectivity index (χ3v) is 5.83. The summed E-state index contributed by atoms with van der Waals surface area (Å²) in [5, 5.41) is 3.96. The monoisotopic (exact) mass is 399 g/mol. The number of aromatic amines is 1. The standard InChI is InChI=1S/C21H25N3O3S/c1-15-8-9-20(16(2)12-15)24(28(3,26)27)14-21(25)22-11-10-17-13-23-19-7-5-4-6-18(17)19/h4-9,12-13,23H,10-11,14H2,1-3H3,(H,22,25). The number of para-hydroxylation sites is 1. The lowest BCUT2D eigenvalue weighted by atomic mass is 10.1. The summed E-state index contributed by atoms with van der Waals surface area (Å²) >= 11 is 0. The first-order chi connectivity index (χ1) is 13.3. The molecule has 0 unspecified atom stereocenters. The van der Waals surface area contributed by atoms with Crippen molar-refractivity contribution >= 4 is 32.5 Å². The van der Waals surface area contributed by atoms with Crippen LogP contribution in [0, 0.1) is 13.8 Å². The van der Waals surface area contributed by atoms with E-state index < -0.39 is 10.0 Å². The number of benzene rings is 2. The van der Waals surface area contributed by atoms with Crippen molar-refractivity contribution in [3.63, 3.8) is 0 Å². The van der Waals surface area contributed by atoms with Crippen LogP contribution in [-0.4, -0.2) is 38.7 Å². The highest BCUT2D eigenvalue weighted by Gasteiger charge is 2.22. The maximum absolute atomic E-state index is 12.4. The molecule has 0 aliphatic heterocycles. The van der Waals surface area contributed by atoms with Crippen LogP contribution in [0.5, 0.6) is 0 Å². The maximum atomic E-state index is 12.4. The van der Waals surface area contributed by atoms with Gasteiger partial charge in [0.1, 0.15) is 6.54 Å². The summed E-state index contributed by atoms with van der Waals surface area (Å²) in [6.45, 7) is 3.98.